The van der Waals surface area contributed by atoms with Gasteiger partial charge in [-0.2, -0.15) is 0 Å². The molecule has 0 spiro atoms. The number of rotatable bonds is 4. The first-order chi connectivity index (χ1) is 10.2. The SMILES string of the molecule is CCC(C(N)=NO)N1CCN(C(=O)C2COCCO2)CC1. The third-order valence-corrected chi connectivity index (χ3v) is 4.00. The Morgan fingerprint density at radius 1 is 1.38 bits per heavy atom. The van der Waals surface area contributed by atoms with Crippen molar-refractivity contribution < 1.29 is 19.5 Å². The first-order valence-corrected chi connectivity index (χ1v) is 7.37. The largest absolute Gasteiger partial charge is 0.409 e. The van der Waals surface area contributed by atoms with Crippen molar-refractivity contribution in [3.8, 4) is 0 Å². The molecule has 0 saturated carbocycles. The number of carbonyl (C=O) groups is 1. The van der Waals surface area contributed by atoms with E-state index in [1.54, 1.807) is 4.90 Å². The second-order valence-electron chi connectivity index (χ2n) is 5.24. The van der Waals surface area contributed by atoms with E-state index in [9.17, 15) is 4.79 Å². The van der Waals surface area contributed by atoms with E-state index in [4.69, 9.17) is 20.4 Å². The van der Waals surface area contributed by atoms with Gasteiger partial charge >= 0.3 is 0 Å². The van der Waals surface area contributed by atoms with Gasteiger partial charge in [-0.3, -0.25) is 9.69 Å². The zero-order valence-corrected chi connectivity index (χ0v) is 12.4. The summed E-state index contributed by atoms with van der Waals surface area (Å²) < 4.78 is 10.7. The molecule has 3 N–H and O–H groups in total. The Labute approximate surface area is 124 Å². The molecule has 2 saturated heterocycles. The molecule has 0 bridgehead atoms. The first kappa shape index (κ1) is 16.0. The molecule has 120 valence electrons. The van der Waals surface area contributed by atoms with Gasteiger partial charge in [0.25, 0.3) is 5.91 Å². The molecule has 2 rings (SSSR count). The molecule has 2 fully saturated rings. The second-order valence-corrected chi connectivity index (χ2v) is 5.24. The van der Waals surface area contributed by atoms with E-state index in [-0.39, 0.29) is 17.8 Å². The van der Waals surface area contributed by atoms with Gasteiger partial charge < -0.3 is 25.3 Å². The summed E-state index contributed by atoms with van der Waals surface area (Å²) in [5, 5.41) is 11.9. The maximum Gasteiger partial charge on any atom is 0.254 e. The van der Waals surface area contributed by atoms with Crippen molar-refractivity contribution in [1.29, 1.82) is 0 Å². The molecule has 2 aliphatic rings. The fraction of sp³-hybridized carbons (Fsp3) is 0.846. The molecule has 8 nitrogen and oxygen atoms in total. The molecule has 2 aliphatic heterocycles. The number of nitrogens with two attached hydrogens (primary N) is 1. The highest BCUT2D eigenvalue weighted by Gasteiger charge is 2.32. The van der Waals surface area contributed by atoms with Gasteiger partial charge in [0.15, 0.2) is 11.9 Å². The van der Waals surface area contributed by atoms with Gasteiger partial charge in [-0.1, -0.05) is 12.1 Å². The average molecular weight is 300 g/mol. The van der Waals surface area contributed by atoms with E-state index in [1.807, 2.05) is 6.92 Å². The zero-order chi connectivity index (χ0) is 15.2. The molecule has 0 aromatic rings. The van der Waals surface area contributed by atoms with Crippen LogP contribution >= 0.6 is 0 Å². The van der Waals surface area contributed by atoms with Gasteiger partial charge in [-0.15, -0.1) is 0 Å². The number of amides is 1. The zero-order valence-electron chi connectivity index (χ0n) is 12.4. The molecule has 2 unspecified atom stereocenters. The highest BCUT2D eigenvalue weighted by atomic mass is 16.6. The predicted octanol–water partition coefficient (Wildman–Crippen LogP) is -0.929. The lowest BCUT2D eigenvalue weighted by Gasteiger charge is -2.39. The summed E-state index contributed by atoms with van der Waals surface area (Å²) in [5.74, 6) is 0.215. The van der Waals surface area contributed by atoms with E-state index in [2.05, 4.69) is 10.1 Å². The van der Waals surface area contributed by atoms with Crippen LogP contribution < -0.4 is 5.73 Å². The highest BCUT2D eigenvalue weighted by molar-refractivity contribution is 5.85. The Hall–Kier alpha value is -1.38. The van der Waals surface area contributed by atoms with Crippen molar-refractivity contribution in [2.24, 2.45) is 10.9 Å². The van der Waals surface area contributed by atoms with Crippen molar-refractivity contribution in [2.75, 3.05) is 46.0 Å². The molecule has 8 heteroatoms. The topological polar surface area (TPSA) is 101 Å². The van der Waals surface area contributed by atoms with E-state index in [1.165, 1.54) is 0 Å². The fourth-order valence-corrected chi connectivity index (χ4v) is 2.81. The van der Waals surface area contributed by atoms with E-state index in [0.29, 0.717) is 46.0 Å². The molecule has 21 heavy (non-hydrogen) atoms. The molecular weight excluding hydrogens is 276 g/mol. The van der Waals surface area contributed by atoms with Crippen LogP contribution in [0.1, 0.15) is 13.3 Å². The van der Waals surface area contributed by atoms with Crippen LogP contribution in [0.5, 0.6) is 0 Å². The van der Waals surface area contributed by atoms with Crippen LogP contribution in [0.4, 0.5) is 0 Å². The van der Waals surface area contributed by atoms with Crippen molar-refractivity contribution in [3.63, 3.8) is 0 Å². The van der Waals surface area contributed by atoms with E-state index >= 15 is 0 Å². The Morgan fingerprint density at radius 3 is 2.62 bits per heavy atom. The number of piperazine rings is 1. The number of oxime groups is 1. The molecule has 2 atom stereocenters. The number of hydrogen-bond acceptors (Lipinski definition) is 6. The first-order valence-electron chi connectivity index (χ1n) is 7.37. The van der Waals surface area contributed by atoms with Gasteiger partial charge in [0, 0.05) is 26.2 Å². The van der Waals surface area contributed by atoms with Crippen LogP contribution in [0.25, 0.3) is 0 Å². The average Bonchev–Trinajstić information content (AvgIpc) is 2.56. The summed E-state index contributed by atoms with van der Waals surface area (Å²) in [7, 11) is 0. The number of nitrogens with zero attached hydrogens (tertiary/aromatic N) is 3. The number of carbonyl (C=O) groups excluding carboxylic acids is 1. The smallest absolute Gasteiger partial charge is 0.254 e. The van der Waals surface area contributed by atoms with Crippen LogP contribution in [0.2, 0.25) is 0 Å². The summed E-state index contributed by atoms with van der Waals surface area (Å²) in [5.41, 5.74) is 5.71. The van der Waals surface area contributed by atoms with Crippen LogP contribution in [-0.4, -0.2) is 84.9 Å². The molecule has 0 aromatic carbocycles. The van der Waals surface area contributed by atoms with Crippen LogP contribution in [0.3, 0.4) is 0 Å². The maximum atomic E-state index is 12.3. The quantitative estimate of drug-likeness (QED) is 0.301. The standard InChI is InChI=1S/C13H24N4O4/c1-2-10(12(14)15-19)16-3-5-17(6-4-16)13(18)11-9-20-7-8-21-11/h10-11,19H,2-9H2,1H3,(H2,14,15). The van der Waals surface area contributed by atoms with Crippen molar-refractivity contribution >= 4 is 11.7 Å². The van der Waals surface area contributed by atoms with Crippen LogP contribution in [0.15, 0.2) is 5.16 Å². The monoisotopic (exact) mass is 300 g/mol. The molecule has 2 heterocycles. The molecule has 0 radical (unpaired) electrons. The summed E-state index contributed by atoms with van der Waals surface area (Å²) in [6, 6.07) is -0.0819. The van der Waals surface area contributed by atoms with Gasteiger partial charge in [0.2, 0.25) is 0 Å². The third kappa shape index (κ3) is 3.84. The Kier molecular flexibility index (Phi) is 5.77. The Bertz CT molecular complexity index is 376. The number of ether oxygens (including phenoxy) is 2. The lowest BCUT2D eigenvalue weighted by atomic mass is 10.1. The van der Waals surface area contributed by atoms with Crippen LogP contribution in [-0.2, 0) is 14.3 Å². The summed E-state index contributed by atoms with van der Waals surface area (Å²) in [6.07, 6.45) is 0.292. The Morgan fingerprint density at radius 2 is 2.10 bits per heavy atom. The minimum absolute atomic E-state index is 0.00815. The Balaban J connectivity index is 1.86. The predicted molar refractivity (Wildman–Crippen MR) is 76.2 cm³/mol. The fourth-order valence-electron chi connectivity index (χ4n) is 2.81. The molecular formula is C13H24N4O4. The maximum absolute atomic E-state index is 12.3. The number of hydrogen-bond donors (Lipinski definition) is 2. The van der Waals surface area contributed by atoms with Gasteiger partial charge in [-0.25, -0.2) is 0 Å². The second kappa shape index (κ2) is 7.58. The lowest BCUT2D eigenvalue weighted by molar-refractivity contribution is -0.159. The number of amidine groups is 1. The molecule has 0 aliphatic carbocycles. The minimum Gasteiger partial charge on any atom is -0.409 e. The molecule has 1 amide bonds. The van der Waals surface area contributed by atoms with Crippen molar-refractivity contribution in [2.45, 2.75) is 25.5 Å². The van der Waals surface area contributed by atoms with E-state index < -0.39 is 6.10 Å². The normalized spacial score (nSPS) is 26.6. The lowest BCUT2D eigenvalue weighted by Crippen LogP contribution is -2.57. The van der Waals surface area contributed by atoms with Gasteiger partial charge in [0.1, 0.15) is 0 Å². The summed E-state index contributed by atoms with van der Waals surface area (Å²) in [4.78, 5) is 16.2. The molecule has 0 aromatic heterocycles. The minimum atomic E-state index is -0.476. The third-order valence-electron chi connectivity index (χ3n) is 4.00. The highest BCUT2D eigenvalue weighted by Crippen LogP contribution is 2.12. The van der Waals surface area contributed by atoms with Crippen molar-refractivity contribution in [3.05, 3.63) is 0 Å². The van der Waals surface area contributed by atoms with Crippen molar-refractivity contribution in [1.82, 2.24) is 9.80 Å². The summed E-state index contributed by atoms with van der Waals surface area (Å²) >= 11 is 0. The van der Waals surface area contributed by atoms with Gasteiger partial charge in [0.05, 0.1) is 25.9 Å². The van der Waals surface area contributed by atoms with E-state index in [0.717, 1.165) is 6.42 Å². The van der Waals surface area contributed by atoms with Crippen LogP contribution in [0, 0.1) is 0 Å². The summed E-state index contributed by atoms with van der Waals surface area (Å²) in [6.45, 7) is 5.99. The van der Waals surface area contributed by atoms with Gasteiger partial charge in [-0.05, 0) is 6.42 Å².